The lowest BCUT2D eigenvalue weighted by Crippen LogP contribution is -2.39. The Morgan fingerprint density at radius 1 is 1.29 bits per heavy atom. The van der Waals surface area contributed by atoms with Crippen molar-refractivity contribution < 1.29 is 9.13 Å². The molecule has 1 aromatic heterocycles. The van der Waals surface area contributed by atoms with Crippen LogP contribution in [0.1, 0.15) is 25.6 Å². The highest BCUT2D eigenvalue weighted by atomic mass is 19.1. The van der Waals surface area contributed by atoms with Gasteiger partial charge in [0.2, 0.25) is 0 Å². The molecular formula is C19H26FN3O. The van der Waals surface area contributed by atoms with E-state index in [2.05, 4.69) is 27.6 Å². The number of piperidine rings is 1. The van der Waals surface area contributed by atoms with Crippen LogP contribution >= 0.6 is 0 Å². The van der Waals surface area contributed by atoms with E-state index in [0.717, 1.165) is 44.8 Å². The van der Waals surface area contributed by atoms with E-state index in [-0.39, 0.29) is 5.82 Å². The molecule has 24 heavy (non-hydrogen) atoms. The third kappa shape index (κ3) is 4.35. The number of nitrogens with zero attached hydrogens (tertiary/aromatic N) is 3. The molecule has 5 heteroatoms. The third-order valence-electron chi connectivity index (χ3n) is 4.69. The Hall–Kier alpha value is -1.88. The van der Waals surface area contributed by atoms with Gasteiger partial charge in [-0.25, -0.2) is 9.37 Å². The van der Waals surface area contributed by atoms with E-state index in [1.165, 1.54) is 12.5 Å². The second-order valence-corrected chi connectivity index (χ2v) is 6.44. The van der Waals surface area contributed by atoms with Gasteiger partial charge in [0.15, 0.2) is 11.6 Å². The Labute approximate surface area is 143 Å². The zero-order chi connectivity index (χ0) is 16.8. The molecule has 0 unspecified atom stereocenters. The molecule has 1 fully saturated rings. The summed E-state index contributed by atoms with van der Waals surface area (Å²) in [5.41, 5.74) is 0. The predicted octanol–water partition coefficient (Wildman–Crippen LogP) is 3.38. The minimum atomic E-state index is -0.280. The van der Waals surface area contributed by atoms with Gasteiger partial charge in [0.05, 0.1) is 6.61 Å². The van der Waals surface area contributed by atoms with Crippen LogP contribution in [0, 0.1) is 11.7 Å². The standard InChI is InChI=1S/C19H26FN3O/c1-2-19-21-9-11-23(19)13-12-22-10-5-6-16(14-22)15-24-18-8-4-3-7-17(18)20/h3-4,7-9,11,16H,2,5-6,10,12-15H2,1H3/t16-/m0/s1. The van der Waals surface area contributed by atoms with E-state index >= 15 is 0 Å². The minimum Gasteiger partial charge on any atom is -0.490 e. The number of benzene rings is 1. The Kier molecular flexibility index (Phi) is 5.86. The molecule has 1 aliphatic heterocycles. The van der Waals surface area contributed by atoms with Gasteiger partial charge in [0, 0.05) is 44.4 Å². The quantitative estimate of drug-likeness (QED) is 0.779. The largest absolute Gasteiger partial charge is 0.490 e. The summed E-state index contributed by atoms with van der Waals surface area (Å²) in [6, 6.07) is 6.63. The summed E-state index contributed by atoms with van der Waals surface area (Å²) in [6.45, 7) is 6.87. The number of hydrogen-bond donors (Lipinski definition) is 0. The average molecular weight is 331 g/mol. The molecule has 1 aromatic carbocycles. The van der Waals surface area contributed by atoms with E-state index in [1.807, 2.05) is 12.3 Å². The number of rotatable bonds is 7. The second-order valence-electron chi connectivity index (χ2n) is 6.44. The Morgan fingerprint density at radius 3 is 3.00 bits per heavy atom. The van der Waals surface area contributed by atoms with Gasteiger partial charge in [-0.05, 0) is 31.5 Å². The van der Waals surface area contributed by atoms with Gasteiger partial charge in [-0.15, -0.1) is 0 Å². The van der Waals surface area contributed by atoms with Gasteiger partial charge in [0.1, 0.15) is 5.82 Å². The molecule has 1 saturated heterocycles. The van der Waals surface area contributed by atoms with Crippen molar-refractivity contribution in [3.63, 3.8) is 0 Å². The number of ether oxygens (including phenoxy) is 1. The first-order chi connectivity index (χ1) is 11.8. The topological polar surface area (TPSA) is 30.3 Å². The van der Waals surface area contributed by atoms with Crippen molar-refractivity contribution in [1.29, 1.82) is 0 Å². The van der Waals surface area contributed by atoms with Gasteiger partial charge >= 0.3 is 0 Å². The number of likely N-dealkylation sites (tertiary alicyclic amines) is 1. The molecule has 0 aliphatic carbocycles. The number of para-hydroxylation sites is 1. The maximum atomic E-state index is 13.6. The summed E-state index contributed by atoms with van der Waals surface area (Å²) in [4.78, 5) is 6.86. The van der Waals surface area contributed by atoms with E-state index < -0.39 is 0 Å². The summed E-state index contributed by atoms with van der Waals surface area (Å²) in [7, 11) is 0. The molecule has 0 bridgehead atoms. The number of imidazole rings is 1. The van der Waals surface area contributed by atoms with Gasteiger partial charge in [-0.2, -0.15) is 0 Å². The van der Waals surface area contributed by atoms with E-state index in [4.69, 9.17) is 4.74 Å². The lowest BCUT2D eigenvalue weighted by Gasteiger charge is -2.32. The fourth-order valence-corrected chi connectivity index (χ4v) is 3.37. The molecule has 130 valence electrons. The fraction of sp³-hybridized carbons (Fsp3) is 0.526. The van der Waals surface area contributed by atoms with Crippen LogP contribution in [0.25, 0.3) is 0 Å². The smallest absolute Gasteiger partial charge is 0.165 e. The summed E-state index contributed by atoms with van der Waals surface area (Å²) >= 11 is 0. The van der Waals surface area contributed by atoms with Crippen LogP contribution in [0.2, 0.25) is 0 Å². The first-order valence-corrected chi connectivity index (χ1v) is 8.86. The highest BCUT2D eigenvalue weighted by Gasteiger charge is 2.20. The van der Waals surface area contributed by atoms with Crippen molar-refractivity contribution in [3.8, 4) is 5.75 Å². The summed E-state index contributed by atoms with van der Waals surface area (Å²) in [5, 5.41) is 0. The van der Waals surface area contributed by atoms with Crippen LogP contribution in [0.15, 0.2) is 36.7 Å². The number of hydrogen-bond acceptors (Lipinski definition) is 3. The first-order valence-electron chi connectivity index (χ1n) is 8.86. The van der Waals surface area contributed by atoms with Gasteiger partial charge in [-0.3, -0.25) is 0 Å². The molecular weight excluding hydrogens is 305 g/mol. The molecule has 1 atom stereocenters. The van der Waals surface area contributed by atoms with Crippen molar-refractivity contribution in [2.75, 3.05) is 26.2 Å². The number of aryl methyl sites for hydroxylation is 1. The SMILES string of the molecule is CCc1nccn1CCN1CCC[C@H](COc2ccccc2F)C1. The highest BCUT2D eigenvalue weighted by Crippen LogP contribution is 2.20. The Balaban J connectivity index is 1.47. The first kappa shape index (κ1) is 17.0. The van der Waals surface area contributed by atoms with Crippen molar-refractivity contribution >= 4 is 0 Å². The molecule has 2 aromatic rings. The van der Waals surface area contributed by atoms with Crippen LogP contribution in [-0.4, -0.2) is 40.7 Å². The number of aromatic nitrogens is 2. The maximum absolute atomic E-state index is 13.6. The predicted molar refractivity (Wildman–Crippen MR) is 92.7 cm³/mol. The Morgan fingerprint density at radius 2 is 2.17 bits per heavy atom. The summed E-state index contributed by atoms with van der Waals surface area (Å²) in [5.74, 6) is 1.69. The van der Waals surface area contributed by atoms with Crippen LogP contribution in [0.5, 0.6) is 5.75 Å². The molecule has 0 N–H and O–H groups in total. The maximum Gasteiger partial charge on any atom is 0.165 e. The minimum absolute atomic E-state index is 0.280. The lowest BCUT2D eigenvalue weighted by molar-refractivity contribution is 0.125. The van der Waals surface area contributed by atoms with Crippen LogP contribution in [0.3, 0.4) is 0 Å². The molecule has 3 rings (SSSR count). The van der Waals surface area contributed by atoms with Gasteiger partial charge in [0.25, 0.3) is 0 Å². The molecule has 0 saturated carbocycles. The zero-order valence-corrected chi connectivity index (χ0v) is 14.3. The normalized spacial score (nSPS) is 18.7. The highest BCUT2D eigenvalue weighted by molar-refractivity contribution is 5.23. The number of halogens is 1. The van der Waals surface area contributed by atoms with Crippen LogP contribution < -0.4 is 4.74 Å². The van der Waals surface area contributed by atoms with Crippen molar-refractivity contribution in [1.82, 2.24) is 14.5 Å². The van der Waals surface area contributed by atoms with Gasteiger partial charge < -0.3 is 14.2 Å². The van der Waals surface area contributed by atoms with E-state index in [1.54, 1.807) is 12.1 Å². The second kappa shape index (κ2) is 8.29. The average Bonchev–Trinajstić information content (AvgIpc) is 3.07. The van der Waals surface area contributed by atoms with Crippen molar-refractivity contribution in [2.45, 2.75) is 32.7 Å². The zero-order valence-electron chi connectivity index (χ0n) is 14.3. The Bertz CT molecular complexity index is 643. The molecule has 2 heterocycles. The molecule has 0 amide bonds. The molecule has 4 nitrogen and oxygen atoms in total. The van der Waals surface area contributed by atoms with Gasteiger partial charge in [-0.1, -0.05) is 19.1 Å². The molecule has 1 aliphatic rings. The molecule has 0 spiro atoms. The summed E-state index contributed by atoms with van der Waals surface area (Å²) in [6.07, 6.45) is 7.22. The van der Waals surface area contributed by atoms with Crippen molar-refractivity contribution in [2.24, 2.45) is 5.92 Å². The van der Waals surface area contributed by atoms with E-state index in [0.29, 0.717) is 18.3 Å². The summed E-state index contributed by atoms with van der Waals surface area (Å²) < 4.78 is 21.6. The lowest BCUT2D eigenvalue weighted by atomic mass is 9.99. The monoisotopic (exact) mass is 331 g/mol. The van der Waals surface area contributed by atoms with Crippen LogP contribution in [-0.2, 0) is 13.0 Å². The molecule has 0 radical (unpaired) electrons. The van der Waals surface area contributed by atoms with E-state index in [9.17, 15) is 4.39 Å². The third-order valence-corrected chi connectivity index (χ3v) is 4.69. The fourth-order valence-electron chi connectivity index (χ4n) is 3.37. The van der Waals surface area contributed by atoms with Crippen LogP contribution in [0.4, 0.5) is 4.39 Å². The van der Waals surface area contributed by atoms with Crippen molar-refractivity contribution in [3.05, 3.63) is 48.3 Å².